The fourth-order valence-electron chi connectivity index (χ4n) is 2.15. The van der Waals surface area contributed by atoms with Crippen molar-refractivity contribution in [3.8, 4) is 0 Å². The Labute approximate surface area is 116 Å². The van der Waals surface area contributed by atoms with E-state index < -0.39 is 17.8 Å². The maximum Gasteiger partial charge on any atom is 0.330 e. The van der Waals surface area contributed by atoms with Gasteiger partial charge in [-0.25, -0.2) is 9.18 Å². The van der Waals surface area contributed by atoms with Gasteiger partial charge >= 0.3 is 5.97 Å². The molecule has 2 rings (SSSR count). The molecule has 1 unspecified atom stereocenters. The second-order valence-electron chi connectivity index (χ2n) is 4.48. The van der Waals surface area contributed by atoms with Crippen LogP contribution >= 0.6 is 0 Å². The minimum atomic E-state index is -0.638. The van der Waals surface area contributed by atoms with E-state index in [9.17, 15) is 14.0 Å². The number of esters is 1. The third-order valence-electron chi connectivity index (χ3n) is 3.15. The molecule has 0 radical (unpaired) electrons. The number of nitrogens with one attached hydrogen (secondary N) is 1. The van der Waals surface area contributed by atoms with Crippen molar-refractivity contribution < 1.29 is 18.7 Å². The van der Waals surface area contributed by atoms with E-state index in [0.29, 0.717) is 25.2 Å². The van der Waals surface area contributed by atoms with Crippen molar-refractivity contribution in [1.82, 2.24) is 10.2 Å². The van der Waals surface area contributed by atoms with E-state index in [2.05, 4.69) is 5.32 Å². The average molecular weight is 280 g/mol. The molecule has 6 heteroatoms. The Morgan fingerprint density at radius 1 is 1.40 bits per heavy atom. The molecule has 0 aromatic heterocycles. The normalized spacial score (nSPS) is 18.7. The van der Waals surface area contributed by atoms with Gasteiger partial charge in [0.1, 0.15) is 11.9 Å². The first-order valence-electron chi connectivity index (χ1n) is 6.57. The van der Waals surface area contributed by atoms with Gasteiger partial charge in [-0.2, -0.15) is 0 Å². The number of carbonyl (C=O) groups is 2. The van der Waals surface area contributed by atoms with Gasteiger partial charge in [0.2, 0.25) is 0 Å². The summed E-state index contributed by atoms with van der Waals surface area (Å²) in [4.78, 5) is 25.8. The summed E-state index contributed by atoms with van der Waals surface area (Å²) in [5, 5.41) is 3.06. The first-order chi connectivity index (χ1) is 9.63. The number of hydrogen-bond acceptors (Lipinski definition) is 4. The average Bonchev–Trinajstić information content (AvgIpc) is 2.47. The van der Waals surface area contributed by atoms with Gasteiger partial charge in [0, 0.05) is 25.2 Å². The van der Waals surface area contributed by atoms with Crippen LogP contribution in [-0.2, 0) is 9.53 Å². The Kier molecular flexibility index (Phi) is 4.68. The number of halogens is 1. The quantitative estimate of drug-likeness (QED) is 0.832. The molecule has 1 amide bonds. The predicted molar refractivity (Wildman–Crippen MR) is 70.7 cm³/mol. The summed E-state index contributed by atoms with van der Waals surface area (Å²) in [7, 11) is 0. The highest BCUT2D eigenvalue weighted by Crippen LogP contribution is 2.12. The van der Waals surface area contributed by atoms with Crippen molar-refractivity contribution in [3.05, 3.63) is 35.6 Å². The lowest BCUT2D eigenvalue weighted by atomic mass is 10.1. The molecule has 1 aromatic rings. The Hall–Kier alpha value is -1.95. The lowest BCUT2D eigenvalue weighted by Gasteiger charge is -2.34. The maximum absolute atomic E-state index is 12.9. The molecule has 1 aromatic carbocycles. The van der Waals surface area contributed by atoms with E-state index in [-0.39, 0.29) is 12.5 Å². The number of ether oxygens (including phenoxy) is 1. The third kappa shape index (κ3) is 3.14. The van der Waals surface area contributed by atoms with E-state index in [1.807, 2.05) is 0 Å². The molecule has 1 N–H and O–H groups in total. The van der Waals surface area contributed by atoms with E-state index >= 15 is 0 Å². The molecule has 1 fully saturated rings. The summed E-state index contributed by atoms with van der Waals surface area (Å²) in [5.41, 5.74) is 0.364. The van der Waals surface area contributed by atoms with Crippen molar-refractivity contribution in [1.29, 1.82) is 0 Å². The van der Waals surface area contributed by atoms with Gasteiger partial charge in [-0.05, 0) is 31.2 Å². The number of carbonyl (C=O) groups excluding carboxylic acids is 2. The SMILES string of the molecule is CCOC(=O)C1CNCCN1C(=O)c1ccc(F)cc1. The standard InChI is InChI=1S/C14H17FN2O3/c1-2-20-14(19)12-9-16-7-8-17(12)13(18)10-3-5-11(15)6-4-10/h3-6,12,16H,2,7-9H2,1H3. The molecule has 1 atom stereocenters. The first kappa shape index (κ1) is 14.5. The van der Waals surface area contributed by atoms with Gasteiger partial charge in [0.15, 0.2) is 0 Å². The number of hydrogen-bond donors (Lipinski definition) is 1. The van der Waals surface area contributed by atoms with Crippen LogP contribution in [0.3, 0.4) is 0 Å². The molecule has 0 saturated carbocycles. The highest BCUT2D eigenvalue weighted by Gasteiger charge is 2.33. The molecule has 0 spiro atoms. The number of piperazine rings is 1. The lowest BCUT2D eigenvalue weighted by molar-refractivity contribution is -0.149. The van der Waals surface area contributed by atoms with Crippen LogP contribution in [0.4, 0.5) is 4.39 Å². The molecule has 20 heavy (non-hydrogen) atoms. The van der Waals surface area contributed by atoms with E-state index in [4.69, 9.17) is 4.74 Å². The van der Waals surface area contributed by atoms with Gasteiger partial charge in [0.05, 0.1) is 6.61 Å². The van der Waals surface area contributed by atoms with Gasteiger partial charge in [-0.15, -0.1) is 0 Å². The molecule has 108 valence electrons. The van der Waals surface area contributed by atoms with Gasteiger partial charge in [0.25, 0.3) is 5.91 Å². The van der Waals surface area contributed by atoms with Gasteiger partial charge in [-0.1, -0.05) is 0 Å². The zero-order valence-electron chi connectivity index (χ0n) is 11.3. The van der Waals surface area contributed by atoms with Crippen LogP contribution in [0.5, 0.6) is 0 Å². The zero-order chi connectivity index (χ0) is 14.5. The Bertz CT molecular complexity index is 490. The van der Waals surface area contributed by atoms with Crippen molar-refractivity contribution >= 4 is 11.9 Å². The van der Waals surface area contributed by atoms with Crippen LogP contribution in [0.15, 0.2) is 24.3 Å². The van der Waals surface area contributed by atoms with Crippen LogP contribution < -0.4 is 5.32 Å². The Morgan fingerprint density at radius 2 is 2.10 bits per heavy atom. The molecule has 1 aliphatic rings. The lowest BCUT2D eigenvalue weighted by Crippen LogP contribution is -2.57. The molecule has 0 aliphatic carbocycles. The van der Waals surface area contributed by atoms with Crippen LogP contribution in [0.1, 0.15) is 17.3 Å². The number of amides is 1. The topological polar surface area (TPSA) is 58.6 Å². The monoisotopic (exact) mass is 280 g/mol. The van der Waals surface area contributed by atoms with Crippen LogP contribution in [0.2, 0.25) is 0 Å². The van der Waals surface area contributed by atoms with Gasteiger partial charge in [-0.3, -0.25) is 4.79 Å². The molecule has 0 bridgehead atoms. The summed E-state index contributed by atoms with van der Waals surface area (Å²) in [5.74, 6) is -1.11. The molecular weight excluding hydrogens is 263 g/mol. The second-order valence-corrected chi connectivity index (χ2v) is 4.48. The fourth-order valence-corrected chi connectivity index (χ4v) is 2.15. The predicted octanol–water partition coefficient (Wildman–Crippen LogP) is 0.803. The largest absolute Gasteiger partial charge is 0.464 e. The van der Waals surface area contributed by atoms with E-state index in [1.165, 1.54) is 29.2 Å². The smallest absolute Gasteiger partial charge is 0.330 e. The summed E-state index contributed by atoms with van der Waals surface area (Å²) < 4.78 is 17.9. The number of nitrogens with zero attached hydrogens (tertiary/aromatic N) is 1. The minimum absolute atomic E-state index is 0.272. The fraction of sp³-hybridized carbons (Fsp3) is 0.429. The van der Waals surface area contributed by atoms with E-state index in [0.717, 1.165) is 0 Å². The molecule has 5 nitrogen and oxygen atoms in total. The summed E-state index contributed by atoms with van der Waals surface area (Å²) in [6.45, 7) is 3.39. The molecule has 1 aliphatic heterocycles. The minimum Gasteiger partial charge on any atom is -0.464 e. The summed E-state index contributed by atoms with van der Waals surface area (Å²) >= 11 is 0. The van der Waals surface area contributed by atoms with Crippen molar-refractivity contribution in [2.24, 2.45) is 0 Å². The molecule has 1 heterocycles. The van der Waals surface area contributed by atoms with Crippen molar-refractivity contribution in [2.75, 3.05) is 26.2 Å². The maximum atomic E-state index is 12.9. The van der Waals surface area contributed by atoms with Crippen LogP contribution in [0.25, 0.3) is 0 Å². The second kappa shape index (κ2) is 6.47. The first-order valence-corrected chi connectivity index (χ1v) is 6.57. The van der Waals surface area contributed by atoms with Gasteiger partial charge < -0.3 is 15.0 Å². The Morgan fingerprint density at radius 3 is 2.75 bits per heavy atom. The summed E-state index contributed by atoms with van der Waals surface area (Å²) in [6, 6.07) is 4.66. The van der Waals surface area contributed by atoms with Crippen LogP contribution in [-0.4, -0.2) is 49.1 Å². The highest BCUT2D eigenvalue weighted by atomic mass is 19.1. The highest BCUT2D eigenvalue weighted by molar-refractivity contribution is 5.97. The molecular formula is C14H17FN2O3. The number of benzene rings is 1. The van der Waals surface area contributed by atoms with E-state index in [1.54, 1.807) is 6.92 Å². The summed E-state index contributed by atoms with van der Waals surface area (Å²) in [6.07, 6.45) is 0. The third-order valence-corrected chi connectivity index (χ3v) is 3.15. The van der Waals surface area contributed by atoms with Crippen molar-refractivity contribution in [2.45, 2.75) is 13.0 Å². The van der Waals surface area contributed by atoms with Crippen LogP contribution in [0, 0.1) is 5.82 Å². The van der Waals surface area contributed by atoms with Crippen molar-refractivity contribution in [3.63, 3.8) is 0 Å². The zero-order valence-corrected chi connectivity index (χ0v) is 11.3. The molecule has 1 saturated heterocycles. The Balaban J connectivity index is 2.16. The number of rotatable bonds is 3.